The maximum atomic E-state index is 12.1. The molecule has 0 bridgehead atoms. The van der Waals surface area contributed by atoms with Gasteiger partial charge in [0.25, 0.3) is 0 Å². The Morgan fingerprint density at radius 3 is 2.68 bits per heavy atom. The van der Waals surface area contributed by atoms with Crippen LogP contribution < -0.4 is 0 Å². The summed E-state index contributed by atoms with van der Waals surface area (Å²) in [6.07, 6.45) is 1.57. The van der Waals surface area contributed by atoms with E-state index in [1.54, 1.807) is 13.8 Å². The van der Waals surface area contributed by atoms with Crippen LogP contribution in [-0.4, -0.2) is 56.7 Å². The Morgan fingerprint density at radius 2 is 2.08 bits per heavy atom. The molecule has 136 valence electrons. The Balaban J connectivity index is 1.58. The standard InChI is InChI=1S/C17H25N5O3/c1-11-16(12(2)24-19-11)10-21-7-5-15(9-21)22(14(4)23)8-6-17-18-13(3)25-20-17/h15H,5-10H2,1-4H3. The Labute approximate surface area is 147 Å². The second-order valence-electron chi connectivity index (χ2n) is 6.67. The van der Waals surface area contributed by atoms with E-state index in [0.29, 0.717) is 24.7 Å². The normalized spacial score (nSPS) is 18.0. The lowest BCUT2D eigenvalue weighted by molar-refractivity contribution is -0.130. The summed E-state index contributed by atoms with van der Waals surface area (Å²) >= 11 is 0. The van der Waals surface area contributed by atoms with E-state index in [4.69, 9.17) is 9.05 Å². The van der Waals surface area contributed by atoms with Gasteiger partial charge in [-0.15, -0.1) is 0 Å². The molecule has 0 saturated carbocycles. The molecular formula is C17H25N5O3. The van der Waals surface area contributed by atoms with Gasteiger partial charge in [-0.1, -0.05) is 10.3 Å². The van der Waals surface area contributed by atoms with Crippen molar-refractivity contribution in [1.29, 1.82) is 0 Å². The van der Waals surface area contributed by atoms with Crippen molar-refractivity contribution in [3.8, 4) is 0 Å². The highest BCUT2D eigenvalue weighted by molar-refractivity contribution is 5.73. The number of hydrogen-bond donors (Lipinski definition) is 0. The predicted octanol–water partition coefficient (Wildman–Crippen LogP) is 1.65. The summed E-state index contributed by atoms with van der Waals surface area (Å²) in [5.74, 6) is 2.16. The second kappa shape index (κ2) is 7.35. The number of aryl methyl sites for hydroxylation is 3. The van der Waals surface area contributed by atoms with E-state index in [0.717, 1.165) is 43.1 Å². The first-order valence-corrected chi connectivity index (χ1v) is 8.64. The average Bonchev–Trinajstić information content (AvgIpc) is 3.26. The first kappa shape index (κ1) is 17.6. The third-order valence-electron chi connectivity index (χ3n) is 4.80. The molecule has 0 radical (unpaired) electrons. The Kier molecular flexibility index (Phi) is 5.17. The summed E-state index contributed by atoms with van der Waals surface area (Å²) in [4.78, 5) is 20.6. The van der Waals surface area contributed by atoms with Crippen molar-refractivity contribution in [2.45, 2.75) is 53.1 Å². The zero-order chi connectivity index (χ0) is 18.0. The molecule has 0 aliphatic carbocycles. The number of likely N-dealkylation sites (tertiary alicyclic amines) is 1. The molecule has 3 rings (SSSR count). The molecule has 0 aromatic carbocycles. The number of nitrogens with zero attached hydrogens (tertiary/aromatic N) is 5. The highest BCUT2D eigenvalue weighted by Crippen LogP contribution is 2.21. The van der Waals surface area contributed by atoms with Gasteiger partial charge in [0.15, 0.2) is 5.82 Å². The van der Waals surface area contributed by atoms with E-state index in [1.165, 1.54) is 0 Å². The van der Waals surface area contributed by atoms with Crippen LogP contribution in [0.2, 0.25) is 0 Å². The van der Waals surface area contributed by atoms with Crippen LogP contribution in [0.5, 0.6) is 0 Å². The molecule has 1 fully saturated rings. The summed E-state index contributed by atoms with van der Waals surface area (Å²) in [5.41, 5.74) is 2.09. The molecule has 0 N–H and O–H groups in total. The minimum absolute atomic E-state index is 0.0874. The molecule has 1 unspecified atom stereocenters. The molecule has 1 aliphatic heterocycles. The number of carbonyl (C=O) groups excluding carboxylic acids is 1. The number of amides is 1. The van der Waals surface area contributed by atoms with Gasteiger partial charge in [0.1, 0.15) is 5.76 Å². The molecule has 1 atom stereocenters. The topological polar surface area (TPSA) is 88.5 Å². The van der Waals surface area contributed by atoms with Gasteiger partial charge in [0.2, 0.25) is 11.8 Å². The molecule has 0 spiro atoms. The van der Waals surface area contributed by atoms with Crippen LogP contribution in [0.1, 0.15) is 42.1 Å². The molecule has 8 nitrogen and oxygen atoms in total. The Hall–Kier alpha value is -2.22. The molecule has 25 heavy (non-hydrogen) atoms. The summed E-state index contributed by atoms with van der Waals surface area (Å²) in [5, 5.41) is 7.92. The molecular weight excluding hydrogens is 322 g/mol. The highest BCUT2D eigenvalue weighted by atomic mass is 16.5. The van der Waals surface area contributed by atoms with Crippen molar-refractivity contribution < 1.29 is 13.8 Å². The van der Waals surface area contributed by atoms with E-state index >= 15 is 0 Å². The molecule has 2 aromatic heterocycles. The monoisotopic (exact) mass is 347 g/mol. The second-order valence-corrected chi connectivity index (χ2v) is 6.67. The SMILES string of the molecule is CC(=O)N(CCc1noc(C)n1)C1CCN(Cc2c(C)noc2C)C1. The summed E-state index contributed by atoms with van der Waals surface area (Å²) < 4.78 is 10.2. The van der Waals surface area contributed by atoms with Crippen LogP contribution in [0.15, 0.2) is 9.05 Å². The first-order valence-electron chi connectivity index (χ1n) is 8.64. The third kappa shape index (κ3) is 4.07. The van der Waals surface area contributed by atoms with Crippen LogP contribution in [0.25, 0.3) is 0 Å². The van der Waals surface area contributed by atoms with Crippen molar-refractivity contribution in [2.75, 3.05) is 19.6 Å². The lowest BCUT2D eigenvalue weighted by Gasteiger charge is -2.27. The molecule has 2 aromatic rings. The largest absolute Gasteiger partial charge is 0.361 e. The molecule has 8 heteroatoms. The molecule has 1 aliphatic rings. The number of hydrogen-bond acceptors (Lipinski definition) is 7. The predicted molar refractivity (Wildman–Crippen MR) is 89.8 cm³/mol. The zero-order valence-corrected chi connectivity index (χ0v) is 15.3. The van der Waals surface area contributed by atoms with E-state index in [2.05, 4.69) is 20.2 Å². The first-order chi connectivity index (χ1) is 11.9. The molecule has 1 amide bonds. The minimum Gasteiger partial charge on any atom is -0.361 e. The molecule has 3 heterocycles. The van der Waals surface area contributed by atoms with Gasteiger partial charge in [-0.2, -0.15) is 4.98 Å². The molecule has 1 saturated heterocycles. The minimum atomic E-state index is 0.0874. The fourth-order valence-corrected chi connectivity index (χ4v) is 3.42. The van der Waals surface area contributed by atoms with Gasteiger partial charge in [0, 0.05) is 58.1 Å². The van der Waals surface area contributed by atoms with Gasteiger partial charge < -0.3 is 13.9 Å². The maximum absolute atomic E-state index is 12.1. The van der Waals surface area contributed by atoms with Gasteiger partial charge in [-0.3, -0.25) is 9.69 Å². The quantitative estimate of drug-likeness (QED) is 0.785. The van der Waals surface area contributed by atoms with Gasteiger partial charge in [0.05, 0.1) is 5.69 Å². The lowest BCUT2D eigenvalue weighted by Crippen LogP contribution is -2.42. The Morgan fingerprint density at radius 1 is 1.28 bits per heavy atom. The van der Waals surface area contributed by atoms with Gasteiger partial charge >= 0.3 is 0 Å². The highest BCUT2D eigenvalue weighted by Gasteiger charge is 2.30. The number of aromatic nitrogens is 3. The fourth-order valence-electron chi connectivity index (χ4n) is 3.42. The van der Waals surface area contributed by atoms with Crippen LogP contribution in [-0.2, 0) is 17.8 Å². The van der Waals surface area contributed by atoms with Crippen LogP contribution in [0.3, 0.4) is 0 Å². The average molecular weight is 347 g/mol. The van der Waals surface area contributed by atoms with Crippen molar-refractivity contribution in [3.63, 3.8) is 0 Å². The van der Waals surface area contributed by atoms with Crippen LogP contribution in [0.4, 0.5) is 0 Å². The van der Waals surface area contributed by atoms with Crippen LogP contribution in [0, 0.1) is 20.8 Å². The lowest BCUT2D eigenvalue weighted by atomic mass is 10.2. The van der Waals surface area contributed by atoms with Crippen molar-refractivity contribution in [1.82, 2.24) is 25.1 Å². The van der Waals surface area contributed by atoms with Crippen molar-refractivity contribution in [2.24, 2.45) is 0 Å². The summed E-state index contributed by atoms with van der Waals surface area (Å²) in [6.45, 7) is 10.5. The third-order valence-corrected chi connectivity index (χ3v) is 4.80. The van der Waals surface area contributed by atoms with Gasteiger partial charge in [-0.05, 0) is 20.3 Å². The van der Waals surface area contributed by atoms with Crippen LogP contribution >= 0.6 is 0 Å². The van der Waals surface area contributed by atoms with Gasteiger partial charge in [-0.25, -0.2) is 0 Å². The van der Waals surface area contributed by atoms with Crippen molar-refractivity contribution in [3.05, 3.63) is 28.7 Å². The Bertz CT molecular complexity index is 719. The van der Waals surface area contributed by atoms with E-state index in [9.17, 15) is 4.79 Å². The zero-order valence-electron chi connectivity index (χ0n) is 15.3. The van der Waals surface area contributed by atoms with E-state index in [-0.39, 0.29) is 11.9 Å². The summed E-state index contributed by atoms with van der Waals surface area (Å²) in [7, 11) is 0. The smallest absolute Gasteiger partial charge is 0.223 e. The summed E-state index contributed by atoms with van der Waals surface area (Å²) in [6, 6.07) is 0.214. The fraction of sp³-hybridized carbons (Fsp3) is 0.647. The maximum Gasteiger partial charge on any atom is 0.223 e. The number of carbonyl (C=O) groups is 1. The van der Waals surface area contributed by atoms with E-state index in [1.807, 2.05) is 18.7 Å². The van der Waals surface area contributed by atoms with E-state index < -0.39 is 0 Å². The van der Waals surface area contributed by atoms with Crippen molar-refractivity contribution >= 4 is 5.91 Å². The number of rotatable bonds is 6.